The van der Waals surface area contributed by atoms with Crippen LogP contribution in [0.25, 0.3) is 0 Å². The fourth-order valence-corrected chi connectivity index (χ4v) is 18.1. The van der Waals surface area contributed by atoms with Crippen LogP contribution in [0.2, 0.25) is 0 Å². The molecule has 2 aromatic rings. The fourth-order valence-electron chi connectivity index (χ4n) is 10.2. The monoisotopic (exact) mass is 2110 g/mol. The third-order valence-electron chi connectivity index (χ3n) is 15.5. The van der Waals surface area contributed by atoms with Crippen molar-refractivity contribution in [3.8, 4) is 37.0 Å². The molecule has 4 aliphatic rings. The van der Waals surface area contributed by atoms with Gasteiger partial charge in [-0.1, -0.05) is 210 Å². The number of Topliss-reactive ketones (excluding diaryl/α,β-unsaturated/α-hetero) is 2. The number of terminal acetylenes is 3. The maximum absolute atomic E-state index is 12.9. The highest BCUT2D eigenvalue weighted by molar-refractivity contribution is 9.15. The molecular weight excluding hydrogens is 2010 g/mol. The van der Waals surface area contributed by atoms with E-state index in [1.807, 2.05) is 98.0 Å². The number of hydrogen-bond donors (Lipinski definition) is 10. The van der Waals surface area contributed by atoms with E-state index in [4.69, 9.17) is 63.8 Å². The van der Waals surface area contributed by atoms with Crippen molar-refractivity contribution in [3.05, 3.63) is 87.6 Å². The van der Waals surface area contributed by atoms with Crippen molar-refractivity contribution in [3.63, 3.8) is 0 Å². The molecule has 0 bridgehead atoms. The van der Waals surface area contributed by atoms with E-state index in [2.05, 4.69) is 184 Å². The Hall–Kier alpha value is -2.24. The second-order valence-corrected chi connectivity index (χ2v) is 37.0. The first-order chi connectivity index (χ1) is 53.1. The fraction of sp³-hybridized carbons (Fsp3) is 0.600. The molecule has 4 aliphatic heterocycles. The molecule has 0 aromatic heterocycles. The van der Waals surface area contributed by atoms with Crippen molar-refractivity contribution >= 4 is 225 Å². The number of aliphatic hydroxyl groups excluding tert-OH is 3. The number of alkyl halides is 2. The number of amides is 6. The molecule has 4 saturated heterocycles. The minimum absolute atomic E-state index is 0. The summed E-state index contributed by atoms with van der Waals surface area (Å²) in [6.07, 6.45) is 24.6. The predicted molar refractivity (Wildman–Crippen MR) is 485 cm³/mol. The van der Waals surface area contributed by atoms with Gasteiger partial charge in [0.15, 0.2) is 0 Å². The Bertz CT molecular complexity index is 3160. The molecule has 0 saturated carbocycles. The van der Waals surface area contributed by atoms with E-state index in [1.165, 1.54) is 7.40 Å². The van der Waals surface area contributed by atoms with Gasteiger partial charge in [0.2, 0.25) is 11.8 Å². The molecule has 6 rings (SSSR count). The molecule has 6 amide bonds. The average molecular weight is 2120 g/mol. The number of ether oxygens (including phenoxy) is 4. The number of benzene rings is 2. The summed E-state index contributed by atoms with van der Waals surface area (Å²) in [5, 5.41) is 55.9. The van der Waals surface area contributed by atoms with E-state index in [0.717, 1.165) is 73.9 Å². The number of carbonyl (C=O) groups is 6. The summed E-state index contributed by atoms with van der Waals surface area (Å²) >= 11 is 33.8. The number of aliphatic hydroxyl groups is 4. The molecule has 0 aliphatic carbocycles. The van der Waals surface area contributed by atoms with Gasteiger partial charge in [0.25, 0.3) is 0 Å². The van der Waals surface area contributed by atoms with Crippen molar-refractivity contribution in [1.29, 1.82) is 0 Å². The summed E-state index contributed by atoms with van der Waals surface area (Å²) in [4.78, 5) is 71.7. The van der Waals surface area contributed by atoms with Crippen LogP contribution in [-0.4, -0.2) is 227 Å². The highest BCUT2D eigenvalue weighted by Gasteiger charge is 2.48. The van der Waals surface area contributed by atoms with Crippen molar-refractivity contribution in [2.75, 3.05) is 116 Å². The zero-order valence-electron chi connectivity index (χ0n) is 64.7. The number of halogens is 8. The topological polar surface area (TPSA) is 311 Å². The lowest BCUT2D eigenvalue weighted by molar-refractivity contribution is -0.124. The molecule has 0 radical (unpaired) electrons. The lowest BCUT2D eigenvalue weighted by Crippen LogP contribution is -2.67. The molecule has 4 heterocycles. The van der Waals surface area contributed by atoms with Gasteiger partial charge in [0.05, 0.1) is 101 Å². The van der Waals surface area contributed by atoms with E-state index in [1.54, 1.807) is 13.8 Å². The highest BCUT2D eigenvalue weighted by atomic mass is 79.9. The van der Waals surface area contributed by atoms with Crippen LogP contribution in [0.15, 0.2) is 87.6 Å². The minimum Gasteiger partial charge on any atom is -0.391 e. The summed E-state index contributed by atoms with van der Waals surface area (Å²) in [5.74, 6) is 9.26. The van der Waals surface area contributed by atoms with Crippen LogP contribution in [0.5, 0.6) is 0 Å². The number of hydrogen-bond acceptors (Lipinski definition) is 20. The molecule has 22 nitrogen and oxygen atoms in total. The van der Waals surface area contributed by atoms with E-state index in [-0.39, 0.29) is 145 Å². The van der Waals surface area contributed by atoms with Gasteiger partial charge >= 0.3 is 20.6 Å². The number of carbonyl (C=O) groups excluding carboxylic acids is 6. The van der Waals surface area contributed by atoms with Gasteiger partial charge in [-0.25, -0.2) is 9.59 Å². The molecule has 2 aromatic carbocycles. The smallest absolute Gasteiger partial charge is 0.391 e. The Morgan fingerprint density at radius 2 is 0.937 bits per heavy atom. The van der Waals surface area contributed by atoms with Crippen LogP contribution < -0.4 is 42.3 Å². The third kappa shape index (κ3) is 51.6. The standard InChI is InChI=1S/C39H51Br2N3O7SSi.C20H35N3O5S.C7H8Br2O2.C4H6Br2O2.C3H3Br.CH3F.CH4.S2.H2S/c1-4-22-49-25-32(40)33(41)26-50-53(30-16-7-5-8-17-30,31-18-9-6-10-19-31)51-39(2,3)28-42-36(46)21-24-48-23-13-15-29(45)14-11-12-20-35-37-34(27-52-35)43-38(47)44-37;1-20(2,27)13-21-17(25)9-11-28-10-5-7-14(24)6-3-4-8-16-18-15(12-29-16)22-19(26)23-18;1-2-3-11-5-7(9)6(8)4-10;5-3(1-7)4(6)2-8;1-2-3-4;1-2;;1-2;/h1,5-10,16-19,34-35,37H,11-15,20-28H2,2-3H3,(H,42,46)(H2,43,44,47);15-16,18,27H,3-13H2,1-2H3,(H,21,25)(H2,22,23,26);1,10H,3-5H2;7-8H,1-2H2;1H,3H2;1H3;1H4;;1H2/b33-32+;;7-6+;4-3+;;;;;/t34-,35-,37-;15-,16-,18-;;;;;;;/m00......./s1/i;;;;;;1D;;. The SMILES string of the molecule is C#CCBr.C#CCOC/C(Br)=C(\Br)CO.C#CCOC/C(Br)=C(\Br)CO[Si](OC(C)(C)CNC(=O)CCOCCCC(=O)CCCC[C@@H]1SC[C@@H]2NC(=O)N[C@@H]21)(c1ccccc1)c1ccccc1.CC(C)(O)CNC(=O)CCOCCCC(=O)CCCC[C@@H]1SC[C@@H]2NC(=O)N[C@@H]21.CF.OC/C(Br)=C(\Br)CO.S.S=S.[2H]C. The van der Waals surface area contributed by atoms with Crippen LogP contribution in [0, 0.1) is 37.0 Å². The second kappa shape index (κ2) is 68.6. The maximum atomic E-state index is 12.9. The number of unbranched alkanes of at least 4 members (excludes halogenated alkanes) is 2. The number of ketones is 2. The van der Waals surface area contributed by atoms with E-state index in [9.17, 15) is 38.3 Å². The normalized spacial score (nSPS) is 17.6. The maximum Gasteiger partial charge on any atom is 0.407 e. The van der Waals surface area contributed by atoms with Crippen LogP contribution in [0.1, 0.15) is 126 Å². The molecule has 10 N–H and O–H groups in total. The Morgan fingerprint density at radius 3 is 1.31 bits per heavy atom. The Labute approximate surface area is 744 Å². The van der Waals surface area contributed by atoms with Crippen LogP contribution >= 0.6 is 149 Å². The summed E-state index contributed by atoms with van der Waals surface area (Å²) in [7, 11) is -1.60. The van der Waals surface area contributed by atoms with E-state index < -0.39 is 19.8 Å². The lowest BCUT2D eigenvalue weighted by Gasteiger charge is -2.39. The Kier molecular flexibility index (Phi) is 68.5. The number of nitrogens with one attached hydrogen (secondary N) is 6. The van der Waals surface area contributed by atoms with Gasteiger partial charge < -0.3 is 80.1 Å². The van der Waals surface area contributed by atoms with Gasteiger partial charge in [0.1, 0.15) is 24.8 Å². The first-order valence-electron chi connectivity index (χ1n) is 35.9. The van der Waals surface area contributed by atoms with Crippen LogP contribution in [0.4, 0.5) is 14.0 Å². The summed E-state index contributed by atoms with van der Waals surface area (Å²) in [6.45, 7) is 10.3. The summed E-state index contributed by atoms with van der Waals surface area (Å²) in [5.41, 5.74) is -1.72. The number of fused-ring (bicyclic) bond motifs is 2. The first-order valence-corrected chi connectivity index (χ1v) is 46.0. The Morgan fingerprint density at radius 1 is 0.577 bits per heavy atom. The third-order valence-corrected chi connectivity index (χ3v) is 28.3. The molecule has 0 spiro atoms. The quantitative estimate of drug-likeness (QED) is 0.00969. The second-order valence-electron chi connectivity index (χ2n) is 25.2. The van der Waals surface area contributed by atoms with E-state index >= 15 is 0 Å². The number of urea groups is 2. The van der Waals surface area contributed by atoms with Gasteiger partial charge in [-0.15, -0.1) is 19.3 Å². The molecule has 0 unspecified atom stereocenters. The van der Waals surface area contributed by atoms with Crippen molar-refractivity contribution in [1.82, 2.24) is 31.9 Å². The zero-order valence-corrected chi connectivity index (χ0v) is 80.1. The largest absolute Gasteiger partial charge is 0.407 e. The predicted octanol–water partition coefficient (Wildman–Crippen LogP) is 11.6. The van der Waals surface area contributed by atoms with Crippen molar-refractivity contribution in [2.24, 2.45) is 0 Å². The number of rotatable bonds is 44. The lowest BCUT2D eigenvalue weighted by atomic mass is 10.0. The van der Waals surface area contributed by atoms with Crippen molar-refractivity contribution < 1.29 is 82.8 Å². The summed E-state index contributed by atoms with van der Waals surface area (Å²) in [6, 6.07) is 20.6. The molecule has 111 heavy (non-hydrogen) atoms. The van der Waals surface area contributed by atoms with Gasteiger partial charge in [-0.05, 0) is 76.6 Å². The molecule has 4 fully saturated rings. The average Bonchev–Trinajstić information content (AvgIpc) is 1.31. The van der Waals surface area contributed by atoms with Gasteiger partial charge in [-0.3, -0.25) is 23.6 Å². The minimum atomic E-state index is -3.35. The van der Waals surface area contributed by atoms with Gasteiger partial charge in [0, 0.05) is 137 Å². The highest BCUT2D eigenvalue weighted by Crippen LogP contribution is 2.35. The first kappa shape index (κ1) is 111. The van der Waals surface area contributed by atoms with Crippen molar-refractivity contribution in [2.45, 2.75) is 171 Å². The molecule has 6 atom stereocenters. The van der Waals surface area contributed by atoms with E-state index in [0.29, 0.717) is 108 Å². The molecule has 628 valence electrons. The van der Waals surface area contributed by atoms with Crippen LogP contribution in [0.3, 0.4) is 0 Å². The molecular formula is C75H112Br7FN6O16S5Si. The summed E-state index contributed by atoms with van der Waals surface area (Å²) < 4.78 is 54.9. The zero-order chi connectivity index (χ0) is 84.1. The number of thioether (sulfide) groups is 2. The van der Waals surface area contributed by atoms with Gasteiger partial charge in [-0.2, -0.15) is 37.0 Å². The van der Waals surface area contributed by atoms with Crippen LogP contribution in [-0.2, 0) is 69.4 Å². The Balaban J connectivity index is -0.00000167. The molecule has 36 heteroatoms.